The Hall–Kier alpha value is -3.13. The molecule has 0 aliphatic carbocycles. The summed E-state index contributed by atoms with van der Waals surface area (Å²) in [5.41, 5.74) is 0.585. The predicted octanol–water partition coefficient (Wildman–Crippen LogP) is 3.28. The van der Waals surface area contributed by atoms with Crippen LogP contribution in [0.15, 0.2) is 42.5 Å². The Labute approximate surface area is 153 Å². The summed E-state index contributed by atoms with van der Waals surface area (Å²) in [5, 5.41) is 18.5. The lowest BCUT2D eigenvalue weighted by molar-refractivity contribution is -0.384. The van der Waals surface area contributed by atoms with E-state index in [9.17, 15) is 14.9 Å². The molecular formula is C17H15ClN4O4. The summed E-state index contributed by atoms with van der Waals surface area (Å²) >= 11 is 6.01. The van der Waals surface area contributed by atoms with Gasteiger partial charge in [0.1, 0.15) is 12.4 Å². The van der Waals surface area contributed by atoms with E-state index in [1.807, 2.05) is 0 Å². The number of benzene rings is 2. The van der Waals surface area contributed by atoms with Crippen molar-refractivity contribution in [2.24, 2.45) is 0 Å². The van der Waals surface area contributed by atoms with Crippen molar-refractivity contribution in [3.63, 3.8) is 0 Å². The number of nitrogens with zero attached hydrogens (tertiary/aromatic N) is 3. The first-order valence-electron chi connectivity index (χ1n) is 7.72. The van der Waals surface area contributed by atoms with Crippen molar-refractivity contribution in [2.45, 2.75) is 0 Å². The van der Waals surface area contributed by atoms with Crippen LogP contribution in [-0.4, -0.2) is 46.1 Å². The third-order valence-electron chi connectivity index (χ3n) is 3.83. The summed E-state index contributed by atoms with van der Waals surface area (Å²) in [6, 6.07) is 11.3. The van der Waals surface area contributed by atoms with Crippen LogP contribution in [0.25, 0.3) is 10.9 Å². The lowest BCUT2D eigenvalue weighted by atomic mass is 10.2. The third kappa shape index (κ3) is 3.60. The summed E-state index contributed by atoms with van der Waals surface area (Å²) in [7, 11) is 1.61. The number of fused-ring (bicyclic) bond motifs is 1. The van der Waals surface area contributed by atoms with Crippen molar-refractivity contribution in [2.75, 3.05) is 20.2 Å². The zero-order valence-electron chi connectivity index (χ0n) is 13.8. The fourth-order valence-electron chi connectivity index (χ4n) is 2.42. The van der Waals surface area contributed by atoms with Crippen LogP contribution >= 0.6 is 11.6 Å². The molecule has 0 spiro atoms. The van der Waals surface area contributed by atoms with Gasteiger partial charge >= 0.3 is 0 Å². The van der Waals surface area contributed by atoms with Crippen molar-refractivity contribution < 1.29 is 14.5 Å². The van der Waals surface area contributed by atoms with E-state index in [1.165, 1.54) is 23.1 Å². The molecule has 0 aliphatic rings. The van der Waals surface area contributed by atoms with Crippen LogP contribution in [-0.2, 0) is 0 Å². The highest BCUT2D eigenvalue weighted by atomic mass is 35.5. The van der Waals surface area contributed by atoms with Gasteiger partial charge in [-0.05, 0) is 18.2 Å². The van der Waals surface area contributed by atoms with E-state index < -0.39 is 4.92 Å². The minimum Gasteiger partial charge on any atom is -0.490 e. The van der Waals surface area contributed by atoms with E-state index in [-0.39, 0.29) is 23.9 Å². The number of carbonyl (C=O) groups excluding carboxylic acids is 1. The number of nitro groups is 1. The van der Waals surface area contributed by atoms with Gasteiger partial charge in [0.2, 0.25) is 0 Å². The number of ether oxygens (including phenoxy) is 1. The van der Waals surface area contributed by atoms with Crippen LogP contribution in [0.3, 0.4) is 0 Å². The van der Waals surface area contributed by atoms with Gasteiger partial charge in [-0.3, -0.25) is 20.0 Å². The van der Waals surface area contributed by atoms with Crippen LogP contribution in [0.1, 0.15) is 10.5 Å². The quantitative estimate of drug-likeness (QED) is 0.527. The van der Waals surface area contributed by atoms with Crippen molar-refractivity contribution in [3.8, 4) is 5.75 Å². The lowest BCUT2D eigenvalue weighted by Gasteiger charge is -2.16. The number of aromatic nitrogens is 2. The molecule has 1 aromatic heterocycles. The summed E-state index contributed by atoms with van der Waals surface area (Å²) in [5.74, 6) is 0.176. The second-order valence-corrected chi connectivity index (χ2v) is 5.97. The molecule has 1 heterocycles. The topological polar surface area (TPSA) is 101 Å². The maximum Gasteiger partial charge on any atom is 0.274 e. The molecule has 26 heavy (non-hydrogen) atoms. The van der Waals surface area contributed by atoms with E-state index in [1.54, 1.807) is 31.3 Å². The second-order valence-electron chi connectivity index (χ2n) is 5.56. The van der Waals surface area contributed by atoms with Gasteiger partial charge in [-0.15, -0.1) is 0 Å². The van der Waals surface area contributed by atoms with Crippen LogP contribution in [0.2, 0.25) is 5.02 Å². The molecule has 0 fully saturated rings. The number of aromatic amines is 1. The monoisotopic (exact) mass is 374 g/mol. The Morgan fingerprint density at radius 2 is 2.12 bits per heavy atom. The molecule has 0 unspecified atom stereocenters. The Bertz CT molecular complexity index is 972. The normalized spacial score (nSPS) is 10.7. The van der Waals surface area contributed by atoms with Gasteiger partial charge in [-0.25, -0.2) is 0 Å². The van der Waals surface area contributed by atoms with Crippen LogP contribution in [0, 0.1) is 10.1 Å². The molecule has 0 saturated heterocycles. The van der Waals surface area contributed by atoms with Gasteiger partial charge in [-0.2, -0.15) is 5.10 Å². The van der Waals surface area contributed by atoms with Crippen LogP contribution in [0.5, 0.6) is 5.75 Å². The smallest absolute Gasteiger partial charge is 0.274 e. The highest BCUT2D eigenvalue weighted by Gasteiger charge is 2.20. The van der Waals surface area contributed by atoms with Crippen molar-refractivity contribution in [1.82, 2.24) is 15.1 Å². The van der Waals surface area contributed by atoms with Crippen molar-refractivity contribution in [1.29, 1.82) is 0 Å². The fraction of sp³-hybridized carbons (Fsp3) is 0.176. The average Bonchev–Trinajstić information content (AvgIpc) is 3.05. The molecule has 1 N–H and O–H groups in total. The van der Waals surface area contributed by atoms with Gasteiger partial charge in [0.25, 0.3) is 11.6 Å². The van der Waals surface area contributed by atoms with Gasteiger partial charge in [0, 0.05) is 24.6 Å². The first kappa shape index (κ1) is 17.7. The predicted molar refractivity (Wildman–Crippen MR) is 96.7 cm³/mol. The first-order valence-corrected chi connectivity index (χ1v) is 8.10. The fourth-order valence-corrected chi connectivity index (χ4v) is 2.61. The number of hydrogen-bond donors (Lipinski definition) is 1. The van der Waals surface area contributed by atoms with Gasteiger partial charge in [0.15, 0.2) is 5.69 Å². The molecule has 0 saturated carbocycles. The number of carbonyl (C=O) groups is 1. The summed E-state index contributed by atoms with van der Waals surface area (Å²) in [6.07, 6.45) is 0. The highest BCUT2D eigenvalue weighted by Crippen LogP contribution is 2.24. The van der Waals surface area contributed by atoms with Crippen LogP contribution in [0.4, 0.5) is 5.69 Å². The molecular weight excluding hydrogens is 360 g/mol. The summed E-state index contributed by atoms with van der Waals surface area (Å²) in [4.78, 5) is 24.5. The maximum absolute atomic E-state index is 12.6. The number of H-pyrrole nitrogens is 1. The number of non-ortho nitro benzene ring substituents is 1. The number of nitro benzene ring substituents is 1. The van der Waals surface area contributed by atoms with E-state index >= 15 is 0 Å². The molecule has 2 aromatic carbocycles. The number of nitrogens with one attached hydrogen (secondary N) is 1. The average molecular weight is 375 g/mol. The van der Waals surface area contributed by atoms with Crippen molar-refractivity contribution >= 4 is 34.1 Å². The highest BCUT2D eigenvalue weighted by molar-refractivity contribution is 6.32. The van der Waals surface area contributed by atoms with Crippen LogP contribution < -0.4 is 4.74 Å². The maximum atomic E-state index is 12.6. The molecule has 3 rings (SSSR count). The third-order valence-corrected chi connectivity index (χ3v) is 4.14. The number of amides is 1. The first-order chi connectivity index (χ1) is 12.5. The standard InChI is InChI=1S/C17H15ClN4O4/c1-21(8-9-26-15-5-3-2-4-13(15)18)17(23)16-12-10-11(22(24)25)6-7-14(12)19-20-16/h2-7,10H,8-9H2,1H3,(H,19,20). The minimum atomic E-state index is -0.512. The lowest BCUT2D eigenvalue weighted by Crippen LogP contribution is -2.31. The van der Waals surface area contributed by atoms with Gasteiger partial charge < -0.3 is 9.64 Å². The molecule has 134 valence electrons. The van der Waals surface area contributed by atoms with E-state index in [0.717, 1.165) is 0 Å². The number of rotatable bonds is 6. The van der Waals surface area contributed by atoms with Gasteiger partial charge in [-0.1, -0.05) is 23.7 Å². The Kier molecular flexibility index (Phi) is 5.04. The molecule has 0 radical (unpaired) electrons. The zero-order valence-corrected chi connectivity index (χ0v) is 14.6. The largest absolute Gasteiger partial charge is 0.490 e. The van der Waals surface area contributed by atoms with E-state index in [2.05, 4.69) is 10.2 Å². The number of hydrogen-bond acceptors (Lipinski definition) is 5. The van der Waals surface area contributed by atoms with E-state index in [0.29, 0.717) is 28.2 Å². The molecule has 0 aliphatic heterocycles. The number of para-hydroxylation sites is 1. The molecule has 1 amide bonds. The Morgan fingerprint density at radius 1 is 1.35 bits per heavy atom. The minimum absolute atomic E-state index is 0.0994. The molecule has 8 nitrogen and oxygen atoms in total. The number of likely N-dealkylation sites (N-methyl/N-ethyl adjacent to an activating group) is 1. The molecule has 3 aromatic rings. The molecule has 0 atom stereocenters. The molecule has 0 bridgehead atoms. The van der Waals surface area contributed by atoms with Crippen molar-refractivity contribution in [3.05, 3.63) is 63.3 Å². The SMILES string of the molecule is CN(CCOc1ccccc1Cl)C(=O)c1n[nH]c2ccc([N+](=O)[O-])cc12. The Balaban J connectivity index is 1.70. The second kappa shape index (κ2) is 7.40. The molecule has 9 heteroatoms. The van der Waals surface area contributed by atoms with Gasteiger partial charge in [0.05, 0.1) is 22.0 Å². The van der Waals surface area contributed by atoms with E-state index in [4.69, 9.17) is 16.3 Å². The number of halogens is 1. The summed E-state index contributed by atoms with van der Waals surface area (Å²) in [6.45, 7) is 0.543. The zero-order chi connectivity index (χ0) is 18.7. The summed E-state index contributed by atoms with van der Waals surface area (Å²) < 4.78 is 5.57. The Morgan fingerprint density at radius 3 is 2.85 bits per heavy atom.